The number of methoxy groups -OCH3 is 2. The summed E-state index contributed by atoms with van der Waals surface area (Å²) in [5.74, 6) is 0.416. The van der Waals surface area contributed by atoms with Gasteiger partial charge in [0.1, 0.15) is 0 Å². The lowest BCUT2D eigenvalue weighted by Gasteiger charge is -2.14. The van der Waals surface area contributed by atoms with Crippen LogP contribution in [0.25, 0.3) is 0 Å². The average Bonchev–Trinajstić information content (AvgIpc) is 2.67. The van der Waals surface area contributed by atoms with E-state index in [4.69, 9.17) is 9.47 Å². The van der Waals surface area contributed by atoms with Gasteiger partial charge in [-0.15, -0.1) is 0 Å². The molecule has 0 aliphatic rings. The van der Waals surface area contributed by atoms with E-state index in [-0.39, 0.29) is 11.8 Å². The van der Waals surface area contributed by atoms with Crippen LogP contribution in [0.1, 0.15) is 20.7 Å². The number of benzene rings is 2. The lowest BCUT2D eigenvalue weighted by atomic mass is 10.1. The zero-order chi connectivity index (χ0) is 19.8. The molecule has 2 N–H and O–H groups in total. The number of carbonyl (C=O) groups is 2. The van der Waals surface area contributed by atoms with Crippen LogP contribution in [0.2, 0.25) is 0 Å². The summed E-state index contributed by atoms with van der Waals surface area (Å²) >= 11 is 0. The second-order valence-electron chi connectivity index (χ2n) is 6.13. The molecule has 0 fully saturated rings. The summed E-state index contributed by atoms with van der Waals surface area (Å²) in [4.78, 5) is 27.0. The van der Waals surface area contributed by atoms with Crippen LogP contribution >= 0.6 is 0 Å². The van der Waals surface area contributed by atoms with E-state index < -0.39 is 0 Å². The minimum atomic E-state index is -0.343. The molecule has 0 radical (unpaired) electrons. The predicted octanol–water partition coefficient (Wildman–Crippen LogP) is 2.25. The average molecular weight is 371 g/mol. The van der Waals surface area contributed by atoms with Crippen LogP contribution in [-0.2, 0) is 0 Å². The van der Waals surface area contributed by atoms with Crippen molar-refractivity contribution in [3.63, 3.8) is 0 Å². The molecular formula is C20H25N3O4. The maximum Gasteiger partial charge on any atom is 0.255 e. The number of amides is 2. The Bertz CT molecular complexity index is 806. The molecule has 2 aromatic carbocycles. The van der Waals surface area contributed by atoms with Crippen molar-refractivity contribution < 1.29 is 19.1 Å². The Morgan fingerprint density at radius 2 is 1.67 bits per heavy atom. The van der Waals surface area contributed by atoms with E-state index in [0.717, 1.165) is 6.54 Å². The Morgan fingerprint density at radius 1 is 0.963 bits per heavy atom. The van der Waals surface area contributed by atoms with Gasteiger partial charge in [-0.2, -0.15) is 0 Å². The number of likely N-dealkylation sites (N-methyl/N-ethyl adjacent to an activating group) is 1. The molecule has 2 amide bonds. The number of anilines is 1. The molecule has 0 spiro atoms. The summed E-state index contributed by atoms with van der Waals surface area (Å²) in [6, 6.07) is 11.8. The second-order valence-corrected chi connectivity index (χ2v) is 6.13. The monoisotopic (exact) mass is 371 g/mol. The SMILES string of the molecule is COc1ccc(C(=O)Nc2ccccc2C(=O)NCCN(C)C)cc1OC. The lowest BCUT2D eigenvalue weighted by Crippen LogP contribution is -2.32. The van der Waals surface area contributed by atoms with Gasteiger partial charge in [0, 0.05) is 18.7 Å². The Labute approximate surface area is 159 Å². The van der Waals surface area contributed by atoms with Gasteiger partial charge in [-0.25, -0.2) is 0 Å². The van der Waals surface area contributed by atoms with Gasteiger partial charge in [0.25, 0.3) is 11.8 Å². The molecule has 0 aliphatic heterocycles. The molecule has 0 saturated heterocycles. The molecule has 7 nitrogen and oxygen atoms in total. The molecule has 0 heterocycles. The molecule has 0 saturated carbocycles. The first-order valence-corrected chi connectivity index (χ1v) is 8.51. The van der Waals surface area contributed by atoms with Gasteiger partial charge in [-0.1, -0.05) is 12.1 Å². The van der Waals surface area contributed by atoms with Crippen LogP contribution in [0, 0.1) is 0 Å². The Balaban J connectivity index is 2.15. The van der Waals surface area contributed by atoms with Gasteiger partial charge >= 0.3 is 0 Å². The summed E-state index contributed by atoms with van der Waals surface area (Å²) in [6.45, 7) is 1.25. The van der Waals surface area contributed by atoms with Crippen molar-refractivity contribution in [1.82, 2.24) is 10.2 Å². The van der Waals surface area contributed by atoms with Gasteiger partial charge < -0.3 is 25.0 Å². The van der Waals surface area contributed by atoms with E-state index in [2.05, 4.69) is 10.6 Å². The van der Waals surface area contributed by atoms with Crippen LogP contribution in [-0.4, -0.2) is 58.1 Å². The maximum absolute atomic E-state index is 12.6. The van der Waals surface area contributed by atoms with Gasteiger partial charge in [0.15, 0.2) is 11.5 Å². The quantitative estimate of drug-likeness (QED) is 0.744. The molecule has 2 aromatic rings. The molecule has 0 atom stereocenters. The van der Waals surface area contributed by atoms with Crippen molar-refractivity contribution in [1.29, 1.82) is 0 Å². The molecule has 7 heteroatoms. The van der Waals surface area contributed by atoms with E-state index >= 15 is 0 Å². The Hall–Kier alpha value is -3.06. The van der Waals surface area contributed by atoms with Gasteiger partial charge in [0.05, 0.1) is 25.5 Å². The highest BCUT2D eigenvalue weighted by Crippen LogP contribution is 2.28. The zero-order valence-electron chi connectivity index (χ0n) is 16.0. The van der Waals surface area contributed by atoms with Gasteiger partial charge in [-0.05, 0) is 44.4 Å². The van der Waals surface area contributed by atoms with Crippen molar-refractivity contribution in [2.24, 2.45) is 0 Å². The number of rotatable bonds is 8. The maximum atomic E-state index is 12.6. The van der Waals surface area contributed by atoms with E-state index in [1.54, 1.807) is 42.5 Å². The first kappa shape index (κ1) is 20.3. The third-order valence-corrected chi connectivity index (χ3v) is 3.91. The minimum absolute atomic E-state index is 0.236. The van der Waals surface area contributed by atoms with E-state index in [0.29, 0.717) is 34.9 Å². The Kier molecular flexibility index (Phi) is 7.19. The number of nitrogens with one attached hydrogen (secondary N) is 2. The van der Waals surface area contributed by atoms with Crippen molar-refractivity contribution in [2.75, 3.05) is 46.7 Å². The van der Waals surface area contributed by atoms with E-state index in [1.807, 2.05) is 19.0 Å². The molecule has 0 bridgehead atoms. The topological polar surface area (TPSA) is 79.9 Å². The highest BCUT2D eigenvalue weighted by Gasteiger charge is 2.15. The fraction of sp³-hybridized carbons (Fsp3) is 0.300. The number of hydrogen-bond donors (Lipinski definition) is 2. The van der Waals surface area contributed by atoms with E-state index in [1.165, 1.54) is 14.2 Å². The Morgan fingerprint density at radius 3 is 2.33 bits per heavy atom. The lowest BCUT2D eigenvalue weighted by molar-refractivity contribution is 0.0952. The van der Waals surface area contributed by atoms with Gasteiger partial charge in [-0.3, -0.25) is 9.59 Å². The number of ether oxygens (including phenoxy) is 2. The summed E-state index contributed by atoms with van der Waals surface area (Å²) in [5.41, 5.74) is 1.25. The van der Waals surface area contributed by atoms with E-state index in [9.17, 15) is 9.59 Å². The van der Waals surface area contributed by atoms with Crippen LogP contribution in [0.3, 0.4) is 0 Å². The van der Waals surface area contributed by atoms with Crippen molar-refractivity contribution in [3.05, 3.63) is 53.6 Å². The van der Waals surface area contributed by atoms with Crippen molar-refractivity contribution in [3.8, 4) is 11.5 Å². The molecule has 0 aromatic heterocycles. The minimum Gasteiger partial charge on any atom is -0.493 e. The zero-order valence-corrected chi connectivity index (χ0v) is 16.0. The summed E-state index contributed by atoms with van der Waals surface area (Å²) < 4.78 is 10.4. The van der Waals surface area contributed by atoms with Crippen LogP contribution in [0.4, 0.5) is 5.69 Å². The normalized spacial score (nSPS) is 10.4. The summed E-state index contributed by atoms with van der Waals surface area (Å²) in [6.07, 6.45) is 0. The third-order valence-electron chi connectivity index (χ3n) is 3.91. The number of para-hydroxylation sites is 1. The first-order valence-electron chi connectivity index (χ1n) is 8.51. The second kappa shape index (κ2) is 9.59. The molecule has 2 rings (SSSR count). The highest BCUT2D eigenvalue weighted by atomic mass is 16.5. The first-order chi connectivity index (χ1) is 13.0. The molecule has 0 unspecified atom stereocenters. The molecular weight excluding hydrogens is 346 g/mol. The summed E-state index contributed by atoms with van der Waals surface area (Å²) in [5, 5.41) is 5.64. The van der Waals surface area contributed by atoms with Crippen LogP contribution < -0.4 is 20.1 Å². The van der Waals surface area contributed by atoms with Gasteiger partial charge in [0.2, 0.25) is 0 Å². The number of hydrogen-bond acceptors (Lipinski definition) is 5. The molecule has 144 valence electrons. The van der Waals surface area contributed by atoms with Crippen LogP contribution in [0.15, 0.2) is 42.5 Å². The van der Waals surface area contributed by atoms with Crippen molar-refractivity contribution >= 4 is 17.5 Å². The standard InChI is InChI=1S/C20H25N3O4/c1-23(2)12-11-21-20(25)15-7-5-6-8-16(15)22-19(24)14-9-10-17(26-3)18(13-14)27-4/h5-10,13H,11-12H2,1-4H3,(H,21,25)(H,22,24). The smallest absolute Gasteiger partial charge is 0.255 e. The third kappa shape index (κ3) is 5.46. The number of nitrogens with zero attached hydrogens (tertiary/aromatic N) is 1. The molecule has 27 heavy (non-hydrogen) atoms. The highest BCUT2D eigenvalue weighted by molar-refractivity contribution is 6.09. The van der Waals surface area contributed by atoms with Crippen molar-refractivity contribution in [2.45, 2.75) is 0 Å². The largest absolute Gasteiger partial charge is 0.493 e. The molecule has 0 aliphatic carbocycles. The fourth-order valence-electron chi connectivity index (χ4n) is 2.45. The summed E-state index contributed by atoms with van der Waals surface area (Å²) in [7, 11) is 6.91. The van der Waals surface area contributed by atoms with Crippen LogP contribution in [0.5, 0.6) is 11.5 Å². The number of carbonyl (C=O) groups excluding carboxylic acids is 2. The predicted molar refractivity (Wildman–Crippen MR) is 105 cm³/mol. The fourth-order valence-corrected chi connectivity index (χ4v) is 2.45.